The number of carbonyl (C=O) groups is 3. The van der Waals surface area contributed by atoms with Crippen molar-refractivity contribution in [3.63, 3.8) is 0 Å². The molecule has 1 aromatic heterocycles. The summed E-state index contributed by atoms with van der Waals surface area (Å²) in [6.07, 6.45) is 0. The predicted molar refractivity (Wildman–Crippen MR) is 158 cm³/mol. The molecular weight excluding hydrogens is 638 g/mol. The summed E-state index contributed by atoms with van der Waals surface area (Å²) in [5.74, 6) is -2.41. The van der Waals surface area contributed by atoms with Crippen LogP contribution in [0.3, 0.4) is 0 Å². The SMILES string of the molecule is O=C(Cn1c2c(sc1=O)C(c1cccc(Br)c1)C1C(=O)N(c3ccc(Cl)cc3)C(=O)C1S2)Nc1ccc(O)cc1. The van der Waals surface area contributed by atoms with Crippen molar-refractivity contribution in [3.05, 3.63) is 102 Å². The van der Waals surface area contributed by atoms with Gasteiger partial charge in [0.1, 0.15) is 17.5 Å². The van der Waals surface area contributed by atoms with Gasteiger partial charge in [-0.15, -0.1) is 0 Å². The van der Waals surface area contributed by atoms with Crippen LogP contribution in [-0.2, 0) is 20.9 Å². The topological polar surface area (TPSA) is 109 Å². The van der Waals surface area contributed by atoms with Gasteiger partial charge in [0, 0.05) is 26.0 Å². The van der Waals surface area contributed by atoms with Gasteiger partial charge < -0.3 is 10.4 Å². The monoisotopic (exact) mass is 655 g/mol. The number of anilines is 2. The number of fused-ring (bicyclic) bond motifs is 2. The Morgan fingerprint density at radius 1 is 1.00 bits per heavy atom. The fourth-order valence-electron chi connectivity index (χ4n) is 5.05. The average Bonchev–Trinajstić information content (AvgIpc) is 3.36. The van der Waals surface area contributed by atoms with Crippen LogP contribution in [0.2, 0.25) is 5.02 Å². The molecule has 8 nitrogen and oxygen atoms in total. The van der Waals surface area contributed by atoms with Crippen LogP contribution in [0.25, 0.3) is 0 Å². The highest BCUT2D eigenvalue weighted by molar-refractivity contribution is 9.10. The number of nitrogens with one attached hydrogen (secondary N) is 1. The second-order valence-electron chi connectivity index (χ2n) is 9.30. The van der Waals surface area contributed by atoms with Crippen molar-refractivity contribution in [2.75, 3.05) is 10.2 Å². The summed E-state index contributed by atoms with van der Waals surface area (Å²) in [7, 11) is 0. The molecule has 3 unspecified atom stereocenters. The number of rotatable bonds is 5. The Balaban J connectivity index is 1.41. The Hall–Kier alpha value is -3.38. The standard InChI is InChI=1S/C28H19BrClN3O5S2/c29-15-3-1-2-14(12-15)21-22-23(26(37)33(25(22)36)18-8-4-16(30)5-9-18)39-27-24(21)40-28(38)32(27)13-20(35)31-17-6-10-19(34)11-7-17/h1-12,21-23,34H,13H2,(H,31,35). The number of nitrogens with zero attached hydrogens (tertiary/aromatic N) is 2. The van der Waals surface area contributed by atoms with Gasteiger partial charge in [-0.05, 0) is 66.2 Å². The fraction of sp³-hybridized carbons (Fsp3) is 0.143. The van der Waals surface area contributed by atoms with E-state index in [1.165, 1.54) is 21.6 Å². The van der Waals surface area contributed by atoms with Gasteiger partial charge in [-0.3, -0.25) is 23.7 Å². The first-order chi connectivity index (χ1) is 19.2. The third kappa shape index (κ3) is 4.77. The summed E-state index contributed by atoms with van der Waals surface area (Å²) in [5, 5.41) is 12.4. The Labute approximate surface area is 249 Å². The van der Waals surface area contributed by atoms with Gasteiger partial charge in [0.05, 0.1) is 16.6 Å². The first-order valence-corrected chi connectivity index (χ1v) is 15.0. The van der Waals surface area contributed by atoms with E-state index in [-0.39, 0.29) is 29.0 Å². The molecule has 1 fully saturated rings. The minimum Gasteiger partial charge on any atom is -0.508 e. The van der Waals surface area contributed by atoms with Crippen LogP contribution in [0, 0.1) is 5.92 Å². The lowest BCUT2D eigenvalue weighted by Gasteiger charge is -2.30. The van der Waals surface area contributed by atoms with Crippen molar-refractivity contribution in [2.45, 2.75) is 22.7 Å². The van der Waals surface area contributed by atoms with Crippen molar-refractivity contribution in [1.29, 1.82) is 0 Å². The molecule has 3 heterocycles. The zero-order valence-electron chi connectivity index (χ0n) is 20.4. The molecule has 0 saturated carbocycles. The lowest BCUT2D eigenvalue weighted by Crippen LogP contribution is -2.33. The minimum absolute atomic E-state index is 0.0640. The second-order valence-corrected chi connectivity index (χ2v) is 12.8. The van der Waals surface area contributed by atoms with Gasteiger partial charge in [-0.25, -0.2) is 4.90 Å². The van der Waals surface area contributed by atoms with Crippen molar-refractivity contribution >= 4 is 79.7 Å². The molecule has 0 radical (unpaired) electrons. The van der Waals surface area contributed by atoms with Crippen molar-refractivity contribution in [1.82, 2.24) is 4.57 Å². The van der Waals surface area contributed by atoms with Crippen LogP contribution in [-0.4, -0.2) is 32.6 Å². The number of carbonyl (C=O) groups excluding carboxylic acids is 3. The average molecular weight is 657 g/mol. The molecule has 2 aliphatic heterocycles. The fourth-order valence-corrected chi connectivity index (χ4v) is 8.36. The molecular formula is C28H19BrClN3O5S2. The highest BCUT2D eigenvalue weighted by Gasteiger charge is 2.56. The van der Waals surface area contributed by atoms with Crippen LogP contribution in [0.4, 0.5) is 11.4 Å². The predicted octanol–water partition coefficient (Wildman–Crippen LogP) is 5.47. The van der Waals surface area contributed by atoms with Crippen molar-refractivity contribution in [3.8, 4) is 5.75 Å². The van der Waals surface area contributed by atoms with E-state index in [0.29, 0.717) is 26.3 Å². The Morgan fingerprint density at radius 3 is 2.42 bits per heavy atom. The molecule has 3 amide bonds. The molecule has 6 rings (SSSR count). The molecule has 2 aliphatic rings. The summed E-state index contributed by atoms with van der Waals surface area (Å²) >= 11 is 11.7. The third-order valence-electron chi connectivity index (χ3n) is 6.79. The summed E-state index contributed by atoms with van der Waals surface area (Å²) in [6, 6.07) is 20.0. The smallest absolute Gasteiger partial charge is 0.308 e. The number of hydrogen-bond donors (Lipinski definition) is 2. The van der Waals surface area contributed by atoms with E-state index < -0.39 is 23.0 Å². The molecule has 2 N–H and O–H groups in total. The molecule has 3 atom stereocenters. The lowest BCUT2D eigenvalue weighted by molar-refractivity contribution is -0.122. The number of imide groups is 1. The van der Waals surface area contributed by atoms with Gasteiger partial charge in [-0.1, -0.05) is 62.8 Å². The maximum atomic E-state index is 13.9. The molecule has 1 saturated heterocycles. The van der Waals surface area contributed by atoms with Crippen LogP contribution >= 0.6 is 50.6 Å². The number of benzene rings is 3. The number of amides is 3. The minimum atomic E-state index is -0.792. The van der Waals surface area contributed by atoms with Crippen molar-refractivity contribution in [2.24, 2.45) is 5.92 Å². The summed E-state index contributed by atoms with van der Waals surface area (Å²) < 4.78 is 2.16. The number of hydrogen-bond acceptors (Lipinski definition) is 7. The van der Waals surface area contributed by atoms with E-state index in [4.69, 9.17) is 11.6 Å². The number of aromatic hydroxyl groups is 1. The normalized spacial score (nSPS) is 19.9. The van der Waals surface area contributed by atoms with Crippen LogP contribution in [0.1, 0.15) is 16.4 Å². The van der Waals surface area contributed by atoms with Gasteiger partial charge in [-0.2, -0.15) is 0 Å². The maximum Gasteiger partial charge on any atom is 0.308 e. The zero-order valence-corrected chi connectivity index (χ0v) is 24.4. The van der Waals surface area contributed by atoms with E-state index in [2.05, 4.69) is 21.2 Å². The van der Waals surface area contributed by atoms with Gasteiger partial charge >= 0.3 is 4.87 Å². The Kier molecular flexibility index (Phi) is 7.07. The van der Waals surface area contributed by atoms with E-state index in [0.717, 1.165) is 33.1 Å². The maximum absolute atomic E-state index is 13.9. The molecule has 0 bridgehead atoms. The quantitative estimate of drug-likeness (QED) is 0.218. The molecule has 0 spiro atoms. The first-order valence-electron chi connectivity index (χ1n) is 12.1. The lowest BCUT2D eigenvalue weighted by atomic mass is 9.83. The van der Waals surface area contributed by atoms with Crippen LogP contribution in [0.5, 0.6) is 5.75 Å². The first kappa shape index (κ1) is 26.8. The largest absolute Gasteiger partial charge is 0.508 e. The van der Waals surface area contributed by atoms with Crippen LogP contribution < -0.4 is 15.1 Å². The summed E-state index contributed by atoms with van der Waals surface area (Å²) in [5.41, 5.74) is 1.68. The van der Waals surface area contributed by atoms with E-state index in [1.807, 2.05) is 24.3 Å². The number of phenolic OH excluding ortho intramolecular Hbond substituents is 1. The molecule has 202 valence electrons. The number of thiazole rings is 1. The highest BCUT2D eigenvalue weighted by atomic mass is 79.9. The molecule has 4 aromatic rings. The molecule has 0 aliphatic carbocycles. The molecule has 12 heteroatoms. The van der Waals surface area contributed by atoms with Gasteiger partial charge in [0.2, 0.25) is 17.7 Å². The summed E-state index contributed by atoms with van der Waals surface area (Å²) in [6.45, 7) is -0.274. The van der Waals surface area contributed by atoms with Crippen LogP contribution in [0.15, 0.2) is 87.1 Å². The van der Waals surface area contributed by atoms with E-state index in [1.54, 1.807) is 36.4 Å². The Bertz CT molecular complexity index is 1720. The van der Waals surface area contributed by atoms with Gasteiger partial charge in [0.25, 0.3) is 0 Å². The van der Waals surface area contributed by atoms with E-state index in [9.17, 15) is 24.3 Å². The molecule has 40 heavy (non-hydrogen) atoms. The zero-order chi connectivity index (χ0) is 28.1. The van der Waals surface area contributed by atoms with Crippen molar-refractivity contribution < 1.29 is 19.5 Å². The Morgan fingerprint density at radius 2 is 1.73 bits per heavy atom. The number of halogens is 2. The third-order valence-corrected chi connectivity index (χ3v) is 10.1. The highest BCUT2D eigenvalue weighted by Crippen LogP contribution is 2.54. The summed E-state index contributed by atoms with van der Waals surface area (Å²) in [4.78, 5) is 55.3. The number of aromatic nitrogens is 1. The molecule has 3 aromatic carbocycles. The van der Waals surface area contributed by atoms with E-state index >= 15 is 0 Å². The number of thioether (sulfide) groups is 1. The van der Waals surface area contributed by atoms with Gasteiger partial charge in [0.15, 0.2) is 0 Å². The number of phenols is 1. The second kappa shape index (κ2) is 10.5.